The fraction of sp³-hybridized carbons (Fsp3) is 0.650. The smallest absolute Gasteiger partial charge is 0.232 e. The maximum Gasteiger partial charge on any atom is 0.232 e. The number of likely N-dealkylation sites (tertiary alicyclic amines) is 1. The lowest BCUT2D eigenvalue weighted by Gasteiger charge is -2.30. The van der Waals surface area contributed by atoms with Crippen molar-refractivity contribution < 1.29 is 17.6 Å². The molecule has 0 atom stereocenters. The Morgan fingerprint density at radius 1 is 1.25 bits per heavy atom. The van der Waals surface area contributed by atoms with E-state index in [-0.39, 0.29) is 24.6 Å². The summed E-state index contributed by atoms with van der Waals surface area (Å²) >= 11 is 0. The van der Waals surface area contributed by atoms with Gasteiger partial charge in [-0.25, -0.2) is 12.8 Å². The molecule has 0 unspecified atom stereocenters. The minimum Gasteiger partial charge on any atom is -0.356 e. The lowest BCUT2D eigenvalue weighted by molar-refractivity contribution is -0.121. The van der Waals surface area contributed by atoms with E-state index in [4.69, 9.17) is 0 Å². The second kappa shape index (κ2) is 10.8. The molecule has 0 saturated carbocycles. The topological polar surface area (TPSA) is 69.7 Å². The zero-order chi connectivity index (χ0) is 20.6. The van der Waals surface area contributed by atoms with Crippen LogP contribution in [0.25, 0.3) is 0 Å². The Morgan fingerprint density at radius 3 is 2.57 bits per heavy atom. The molecule has 6 nitrogen and oxygen atoms in total. The highest BCUT2D eigenvalue weighted by Crippen LogP contribution is 2.21. The monoisotopic (exact) mass is 413 g/mol. The third-order valence-corrected chi connectivity index (χ3v) is 6.32. The fourth-order valence-electron chi connectivity index (χ4n) is 3.41. The molecule has 1 heterocycles. The molecule has 1 aliphatic heterocycles. The van der Waals surface area contributed by atoms with Crippen LogP contribution in [0.3, 0.4) is 0 Å². The number of hydrogen-bond acceptors (Lipinski definition) is 4. The van der Waals surface area contributed by atoms with Crippen molar-refractivity contribution in [3.63, 3.8) is 0 Å². The molecule has 1 saturated heterocycles. The van der Waals surface area contributed by atoms with Crippen molar-refractivity contribution in [1.29, 1.82) is 0 Å². The molecule has 0 spiro atoms. The average Bonchev–Trinajstić information content (AvgIpc) is 2.64. The number of halogens is 1. The largest absolute Gasteiger partial charge is 0.356 e. The van der Waals surface area contributed by atoms with Crippen LogP contribution in [0.15, 0.2) is 24.3 Å². The zero-order valence-electron chi connectivity index (χ0n) is 16.9. The molecular weight excluding hydrogens is 381 g/mol. The fourth-order valence-corrected chi connectivity index (χ4v) is 4.37. The number of rotatable bonds is 10. The van der Waals surface area contributed by atoms with Crippen molar-refractivity contribution in [3.8, 4) is 0 Å². The summed E-state index contributed by atoms with van der Waals surface area (Å²) in [6.45, 7) is 6.23. The van der Waals surface area contributed by atoms with Crippen molar-refractivity contribution in [1.82, 2.24) is 10.2 Å². The predicted octanol–water partition coefficient (Wildman–Crippen LogP) is 2.61. The molecule has 1 aliphatic rings. The normalized spacial score (nSPS) is 16.1. The summed E-state index contributed by atoms with van der Waals surface area (Å²) in [7, 11) is -3.62. The maximum atomic E-state index is 13.9. The van der Waals surface area contributed by atoms with Crippen LogP contribution < -0.4 is 9.62 Å². The Hall–Kier alpha value is -1.67. The minimum atomic E-state index is -3.62. The number of benzene rings is 1. The number of sulfonamides is 1. The number of carbonyl (C=O) groups excluding carboxylic acids is 1. The summed E-state index contributed by atoms with van der Waals surface area (Å²) in [5.41, 5.74) is 0.0151. The van der Waals surface area contributed by atoms with E-state index in [1.807, 2.05) is 0 Å². The van der Waals surface area contributed by atoms with Crippen LogP contribution in [0, 0.1) is 11.7 Å². The molecule has 1 aromatic rings. The Balaban J connectivity index is 1.69. The van der Waals surface area contributed by atoms with Gasteiger partial charge in [0.2, 0.25) is 15.9 Å². The molecule has 1 amide bonds. The first-order valence-corrected chi connectivity index (χ1v) is 11.8. The second-order valence-corrected chi connectivity index (χ2v) is 9.52. The highest BCUT2D eigenvalue weighted by Gasteiger charge is 2.20. The number of hydrogen-bond donors (Lipinski definition) is 1. The summed E-state index contributed by atoms with van der Waals surface area (Å²) in [6.07, 6.45) is 4.97. The molecule has 1 aromatic carbocycles. The number of piperidine rings is 1. The van der Waals surface area contributed by atoms with Crippen LogP contribution in [-0.4, -0.2) is 58.2 Å². The van der Waals surface area contributed by atoms with Crippen molar-refractivity contribution in [2.45, 2.75) is 39.0 Å². The van der Waals surface area contributed by atoms with E-state index in [0.29, 0.717) is 13.0 Å². The van der Waals surface area contributed by atoms with Crippen LogP contribution in [0.1, 0.15) is 39.0 Å². The molecular formula is C20H32FN3O3S. The van der Waals surface area contributed by atoms with E-state index in [1.54, 1.807) is 6.07 Å². The maximum absolute atomic E-state index is 13.9. The van der Waals surface area contributed by atoms with E-state index in [2.05, 4.69) is 17.1 Å². The number of carbonyl (C=O) groups is 1. The highest BCUT2D eigenvalue weighted by molar-refractivity contribution is 7.92. The van der Waals surface area contributed by atoms with Crippen LogP contribution in [0.4, 0.5) is 10.1 Å². The number of para-hydroxylation sites is 1. The molecule has 8 heteroatoms. The van der Waals surface area contributed by atoms with Crippen molar-refractivity contribution in [2.24, 2.45) is 5.92 Å². The second-order valence-electron chi connectivity index (χ2n) is 7.62. The first kappa shape index (κ1) is 22.6. The first-order valence-electron chi connectivity index (χ1n) is 9.98. The molecule has 0 radical (unpaired) electrons. The Morgan fingerprint density at radius 2 is 1.93 bits per heavy atom. The quantitative estimate of drug-likeness (QED) is 0.599. The van der Waals surface area contributed by atoms with Crippen LogP contribution in [0.2, 0.25) is 0 Å². The van der Waals surface area contributed by atoms with E-state index >= 15 is 0 Å². The number of nitrogens with zero attached hydrogens (tertiary/aromatic N) is 2. The lowest BCUT2D eigenvalue weighted by Crippen LogP contribution is -2.35. The SMILES string of the molecule is CC1CCN(CCCNC(=O)CCCN(c2ccccc2F)S(C)(=O)=O)CC1. The molecule has 0 bridgehead atoms. The van der Waals surface area contributed by atoms with Gasteiger partial charge in [-0.1, -0.05) is 19.1 Å². The van der Waals surface area contributed by atoms with E-state index in [9.17, 15) is 17.6 Å². The average molecular weight is 414 g/mol. The van der Waals surface area contributed by atoms with Crippen LogP contribution in [-0.2, 0) is 14.8 Å². The molecule has 0 aromatic heterocycles. The van der Waals surface area contributed by atoms with E-state index in [0.717, 1.165) is 42.5 Å². The minimum absolute atomic E-state index is 0.0151. The number of nitrogens with one attached hydrogen (secondary N) is 1. The van der Waals surface area contributed by atoms with Crippen molar-refractivity contribution >= 4 is 21.6 Å². The number of amides is 1. The Bertz CT molecular complexity index is 734. The van der Waals surface area contributed by atoms with Gasteiger partial charge in [0.1, 0.15) is 5.82 Å². The molecule has 0 aliphatic carbocycles. The third-order valence-electron chi connectivity index (χ3n) is 5.14. The summed E-state index contributed by atoms with van der Waals surface area (Å²) in [5.74, 6) is 0.116. The zero-order valence-corrected chi connectivity index (χ0v) is 17.7. The van der Waals surface area contributed by atoms with Gasteiger partial charge in [-0.05, 0) is 63.4 Å². The van der Waals surface area contributed by atoms with Gasteiger partial charge in [-0.15, -0.1) is 0 Å². The molecule has 28 heavy (non-hydrogen) atoms. The standard InChI is InChI=1S/C20H32FN3O3S/c1-17-10-15-23(16-11-17)13-6-12-22-20(25)9-5-14-24(28(2,26)27)19-8-4-3-7-18(19)21/h3-4,7-8,17H,5-6,9-16H2,1-2H3,(H,22,25). The van der Waals surface area contributed by atoms with Gasteiger partial charge < -0.3 is 10.2 Å². The summed E-state index contributed by atoms with van der Waals surface area (Å²) in [5, 5.41) is 2.89. The van der Waals surface area contributed by atoms with Crippen molar-refractivity contribution in [2.75, 3.05) is 43.3 Å². The van der Waals surface area contributed by atoms with E-state index in [1.165, 1.54) is 31.0 Å². The molecule has 1 fully saturated rings. The third kappa shape index (κ3) is 7.39. The van der Waals surface area contributed by atoms with Gasteiger partial charge in [-0.2, -0.15) is 0 Å². The summed E-state index contributed by atoms with van der Waals surface area (Å²) in [4.78, 5) is 14.4. The molecule has 158 valence electrons. The highest BCUT2D eigenvalue weighted by atomic mass is 32.2. The predicted molar refractivity (Wildman–Crippen MR) is 110 cm³/mol. The van der Waals surface area contributed by atoms with Gasteiger partial charge in [0.05, 0.1) is 11.9 Å². The lowest BCUT2D eigenvalue weighted by atomic mass is 9.99. The van der Waals surface area contributed by atoms with Crippen LogP contribution in [0.5, 0.6) is 0 Å². The summed E-state index contributed by atoms with van der Waals surface area (Å²) in [6, 6.07) is 5.75. The van der Waals surface area contributed by atoms with Gasteiger partial charge in [0.15, 0.2) is 0 Å². The first-order chi connectivity index (χ1) is 13.3. The van der Waals surface area contributed by atoms with Gasteiger partial charge in [0.25, 0.3) is 0 Å². The van der Waals surface area contributed by atoms with Gasteiger partial charge in [0, 0.05) is 19.5 Å². The Labute approximate surface area is 168 Å². The van der Waals surface area contributed by atoms with Gasteiger partial charge >= 0.3 is 0 Å². The molecule has 2 rings (SSSR count). The van der Waals surface area contributed by atoms with Crippen LogP contribution >= 0.6 is 0 Å². The van der Waals surface area contributed by atoms with Crippen molar-refractivity contribution in [3.05, 3.63) is 30.1 Å². The van der Waals surface area contributed by atoms with Gasteiger partial charge in [-0.3, -0.25) is 9.10 Å². The molecule has 1 N–H and O–H groups in total. The number of anilines is 1. The van der Waals surface area contributed by atoms with E-state index < -0.39 is 15.8 Å². The summed E-state index contributed by atoms with van der Waals surface area (Å²) < 4.78 is 39.0. The Kier molecular flexibility index (Phi) is 8.69.